The molecule has 1 aromatic heterocycles. The molecule has 0 saturated carbocycles. The Morgan fingerprint density at radius 2 is 2.09 bits per heavy atom. The maximum absolute atomic E-state index is 11.9. The highest BCUT2D eigenvalue weighted by Gasteiger charge is 2.06. The van der Waals surface area contributed by atoms with Crippen molar-refractivity contribution >= 4 is 22.9 Å². The van der Waals surface area contributed by atoms with Gasteiger partial charge in [0.25, 0.3) is 0 Å². The van der Waals surface area contributed by atoms with Crippen molar-refractivity contribution in [2.45, 2.75) is 6.54 Å². The van der Waals surface area contributed by atoms with Crippen molar-refractivity contribution in [3.05, 3.63) is 65.7 Å². The summed E-state index contributed by atoms with van der Waals surface area (Å²) in [4.78, 5) is 11.9. The zero-order valence-corrected chi connectivity index (χ0v) is 12.7. The van der Waals surface area contributed by atoms with Gasteiger partial charge in [-0.1, -0.05) is 36.4 Å². The Balaban J connectivity index is 1.63. The van der Waals surface area contributed by atoms with Gasteiger partial charge < -0.3 is 10.1 Å². The second kappa shape index (κ2) is 6.79. The number of hydrogen-bond acceptors (Lipinski definition) is 3. The van der Waals surface area contributed by atoms with Crippen LogP contribution in [0, 0.1) is 0 Å². The summed E-state index contributed by atoms with van der Waals surface area (Å²) in [5.74, 6) is 0.422. The number of carbonyl (C=O) groups excluding carboxylic acids is 1. The van der Waals surface area contributed by atoms with E-state index in [9.17, 15) is 4.79 Å². The van der Waals surface area contributed by atoms with Crippen LogP contribution in [0.4, 0.5) is 0 Å². The van der Waals surface area contributed by atoms with E-state index in [2.05, 4.69) is 15.5 Å². The molecule has 3 rings (SSSR count). The lowest BCUT2D eigenvalue weighted by Gasteiger charge is -2.03. The first-order valence-electron chi connectivity index (χ1n) is 7.28. The van der Waals surface area contributed by atoms with Crippen LogP contribution in [-0.2, 0) is 11.3 Å². The highest BCUT2D eigenvalue weighted by molar-refractivity contribution is 5.91. The minimum atomic E-state index is -0.131. The molecule has 0 saturated heterocycles. The maximum Gasteiger partial charge on any atom is 0.244 e. The number of carbonyl (C=O) groups is 1. The summed E-state index contributed by atoms with van der Waals surface area (Å²) in [6, 6.07) is 15.5. The first-order chi connectivity index (χ1) is 11.3. The third-order valence-corrected chi connectivity index (χ3v) is 3.48. The Hall–Kier alpha value is -3.08. The van der Waals surface area contributed by atoms with Crippen LogP contribution in [0.2, 0.25) is 0 Å². The van der Waals surface area contributed by atoms with Crippen molar-refractivity contribution in [2.24, 2.45) is 0 Å². The molecule has 5 nitrogen and oxygen atoms in total. The molecule has 2 aromatic carbocycles. The van der Waals surface area contributed by atoms with Crippen molar-refractivity contribution in [1.82, 2.24) is 15.5 Å². The van der Waals surface area contributed by atoms with E-state index in [0.29, 0.717) is 12.4 Å². The lowest BCUT2D eigenvalue weighted by molar-refractivity contribution is -0.116. The third kappa shape index (κ3) is 3.58. The minimum Gasteiger partial charge on any atom is -0.480 e. The van der Waals surface area contributed by atoms with Crippen LogP contribution in [0.15, 0.2) is 54.6 Å². The molecule has 0 aliphatic rings. The number of amides is 1. The van der Waals surface area contributed by atoms with Crippen molar-refractivity contribution in [1.29, 1.82) is 0 Å². The summed E-state index contributed by atoms with van der Waals surface area (Å²) >= 11 is 0. The molecule has 1 heterocycles. The van der Waals surface area contributed by atoms with Gasteiger partial charge in [0.1, 0.15) is 0 Å². The molecular formula is C18H17N3O2. The normalized spacial score (nSPS) is 11.0. The van der Waals surface area contributed by atoms with Gasteiger partial charge in [-0.25, -0.2) is 0 Å². The first-order valence-corrected chi connectivity index (χ1v) is 7.28. The van der Waals surface area contributed by atoms with Gasteiger partial charge in [0, 0.05) is 12.6 Å². The number of ether oxygens (including phenoxy) is 1. The standard InChI is InChI=1S/C18H17N3O2/c1-23-18-15-11-14(7-9-16(15)20-21-18)12-19-17(22)10-8-13-5-3-2-4-6-13/h2-11H,12H2,1H3,(H,19,22)(H,20,21)/b10-8+. The number of H-pyrrole nitrogens is 1. The predicted octanol–water partition coefficient (Wildman–Crippen LogP) is 2.90. The molecule has 0 unspecified atom stereocenters. The van der Waals surface area contributed by atoms with E-state index < -0.39 is 0 Å². The fourth-order valence-electron chi connectivity index (χ4n) is 2.29. The number of nitrogens with zero attached hydrogens (tertiary/aromatic N) is 1. The summed E-state index contributed by atoms with van der Waals surface area (Å²) in [5.41, 5.74) is 2.88. The van der Waals surface area contributed by atoms with Crippen LogP contribution in [0.5, 0.6) is 5.88 Å². The first kappa shape index (κ1) is 14.8. The molecule has 5 heteroatoms. The molecule has 2 N–H and O–H groups in total. The summed E-state index contributed by atoms with van der Waals surface area (Å²) in [5, 5.41) is 10.7. The monoisotopic (exact) mass is 307 g/mol. The maximum atomic E-state index is 11.9. The van der Waals surface area contributed by atoms with E-state index in [4.69, 9.17) is 4.74 Å². The average Bonchev–Trinajstić information content (AvgIpc) is 3.01. The molecule has 116 valence electrons. The van der Waals surface area contributed by atoms with E-state index >= 15 is 0 Å². The Bertz CT molecular complexity index is 838. The van der Waals surface area contributed by atoms with Gasteiger partial charge >= 0.3 is 0 Å². The Morgan fingerprint density at radius 3 is 2.87 bits per heavy atom. The smallest absolute Gasteiger partial charge is 0.244 e. The number of aromatic amines is 1. The number of nitrogens with one attached hydrogen (secondary N) is 2. The van der Waals surface area contributed by atoms with Crippen LogP contribution in [0.1, 0.15) is 11.1 Å². The number of aromatic nitrogens is 2. The molecule has 0 spiro atoms. The van der Waals surface area contributed by atoms with Gasteiger partial charge in [-0.3, -0.25) is 9.89 Å². The number of hydrogen-bond donors (Lipinski definition) is 2. The molecule has 0 aliphatic heterocycles. The van der Waals surface area contributed by atoms with E-state index in [1.807, 2.05) is 48.5 Å². The van der Waals surface area contributed by atoms with E-state index in [1.165, 1.54) is 6.08 Å². The predicted molar refractivity (Wildman–Crippen MR) is 90.0 cm³/mol. The van der Waals surface area contributed by atoms with Gasteiger partial charge in [-0.2, -0.15) is 0 Å². The molecule has 0 bridgehead atoms. The van der Waals surface area contributed by atoms with Crippen LogP contribution >= 0.6 is 0 Å². The fraction of sp³-hybridized carbons (Fsp3) is 0.111. The lowest BCUT2D eigenvalue weighted by atomic mass is 10.1. The van der Waals surface area contributed by atoms with Crippen LogP contribution in [0.3, 0.4) is 0 Å². The molecular weight excluding hydrogens is 290 g/mol. The van der Waals surface area contributed by atoms with Gasteiger partial charge in [0.2, 0.25) is 11.8 Å². The molecule has 1 amide bonds. The molecule has 3 aromatic rings. The Morgan fingerprint density at radius 1 is 1.26 bits per heavy atom. The zero-order valence-electron chi connectivity index (χ0n) is 12.7. The Kier molecular flexibility index (Phi) is 4.38. The number of rotatable bonds is 5. The van der Waals surface area contributed by atoms with E-state index in [1.54, 1.807) is 13.2 Å². The molecule has 0 radical (unpaired) electrons. The topological polar surface area (TPSA) is 67.0 Å². The second-order valence-corrected chi connectivity index (χ2v) is 5.07. The van der Waals surface area contributed by atoms with Crippen molar-refractivity contribution in [2.75, 3.05) is 7.11 Å². The fourth-order valence-corrected chi connectivity index (χ4v) is 2.29. The summed E-state index contributed by atoms with van der Waals surface area (Å²) < 4.78 is 5.19. The molecule has 0 fully saturated rings. The van der Waals surface area contributed by atoms with Gasteiger partial charge in [-0.05, 0) is 29.3 Å². The van der Waals surface area contributed by atoms with Crippen molar-refractivity contribution < 1.29 is 9.53 Å². The zero-order chi connectivity index (χ0) is 16.1. The average molecular weight is 307 g/mol. The SMILES string of the molecule is COc1n[nH]c2ccc(CNC(=O)/C=C/c3ccccc3)cc12. The van der Waals surface area contributed by atoms with Crippen LogP contribution in [-0.4, -0.2) is 23.2 Å². The Labute approximate surface area is 134 Å². The molecule has 23 heavy (non-hydrogen) atoms. The molecule has 0 atom stereocenters. The second-order valence-electron chi connectivity index (χ2n) is 5.07. The van der Waals surface area contributed by atoms with Gasteiger partial charge in [-0.15, -0.1) is 5.10 Å². The van der Waals surface area contributed by atoms with Gasteiger partial charge in [0.05, 0.1) is 18.0 Å². The summed E-state index contributed by atoms with van der Waals surface area (Å²) in [6.07, 6.45) is 3.32. The van der Waals surface area contributed by atoms with E-state index in [-0.39, 0.29) is 5.91 Å². The number of benzene rings is 2. The number of fused-ring (bicyclic) bond motifs is 1. The highest BCUT2D eigenvalue weighted by atomic mass is 16.5. The van der Waals surface area contributed by atoms with Gasteiger partial charge in [0.15, 0.2) is 0 Å². The van der Waals surface area contributed by atoms with Crippen molar-refractivity contribution in [3.63, 3.8) is 0 Å². The number of methoxy groups -OCH3 is 1. The lowest BCUT2D eigenvalue weighted by Crippen LogP contribution is -2.20. The van der Waals surface area contributed by atoms with Crippen LogP contribution < -0.4 is 10.1 Å². The minimum absolute atomic E-state index is 0.131. The largest absolute Gasteiger partial charge is 0.480 e. The van der Waals surface area contributed by atoms with Crippen molar-refractivity contribution in [3.8, 4) is 5.88 Å². The van der Waals surface area contributed by atoms with Crippen LogP contribution in [0.25, 0.3) is 17.0 Å². The summed E-state index contributed by atoms with van der Waals surface area (Å²) in [6.45, 7) is 0.447. The summed E-state index contributed by atoms with van der Waals surface area (Å²) in [7, 11) is 1.58. The third-order valence-electron chi connectivity index (χ3n) is 3.48. The highest BCUT2D eigenvalue weighted by Crippen LogP contribution is 2.23. The molecule has 0 aliphatic carbocycles. The quantitative estimate of drug-likeness (QED) is 0.712. The van der Waals surface area contributed by atoms with E-state index in [0.717, 1.165) is 22.0 Å².